The first-order chi connectivity index (χ1) is 16.4. The first-order valence-corrected chi connectivity index (χ1v) is 10.6. The second-order valence-electron chi connectivity index (χ2n) is 7.59. The van der Waals surface area contributed by atoms with Gasteiger partial charge in [0.05, 0.1) is 12.8 Å². The van der Waals surface area contributed by atoms with E-state index in [9.17, 15) is 4.79 Å². The zero-order valence-corrected chi connectivity index (χ0v) is 19.4. The van der Waals surface area contributed by atoms with Crippen LogP contribution in [0.2, 0.25) is 0 Å². The van der Waals surface area contributed by atoms with Gasteiger partial charge in [0.25, 0.3) is 5.91 Å². The van der Waals surface area contributed by atoms with Crippen LogP contribution in [0.25, 0.3) is 5.82 Å². The van der Waals surface area contributed by atoms with Gasteiger partial charge in [-0.15, -0.1) is 0 Å². The molecule has 4 aromatic rings. The van der Waals surface area contributed by atoms with Gasteiger partial charge in [-0.1, -0.05) is 0 Å². The number of aryl methyl sites for hydroxylation is 3. The summed E-state index contributed by atoms with van der Waals surface area (Å²) in [6, 6.07) is 17.7. The summed E-state index contributed by atoms with van der Waals surface area (Å²) in [7, 11) is 1.59. The molecule has 0 saturated carbocycles. The van der Waals surface area contributed by atoms with E-state index in [1.165, 1.54) is 0 Å². The number of nitrogens with zero attached hydrogens (tertiary/aromatic N) is 4. The maximum atomic E-state index is 12.2. The van der Waals surface area contributed by atoms with E-state index in [2.05, 4.69) is 20.4 Å². The predicted octanol–water partition coefficient (Wildman–Crippen LogP) is 4.41. The molecule has 9 heteroatoms. The van der Waals surface area contributed by atoms with E-state index in [0.29, 0.717) is 34.7 Å². The van der Waals surface area contributed by atoms with E-state index in [-0.39, 0.29) is 12.5 Å². The standard InChI is InChI=1S/C25H25N5O4/c1-16-13-17(2)30(29-16)23-14-25(27-18(3)26-23)34-22-7-5-19(6-8-22)28-24(31)15-33-21-11-9-20(32-4)10-12-21/h5-14H,15H2,1-4H3,(H,28,31). The van der Waals surface area contributed by atoms with Gasteiger partial charge in [0.2, 0.25) is 5.88 Å². The number of carbonyl (C=O) groups is 1. The number of benzene rings is 2. The molecule has 2 aromatic heterocycles. The summed E-state index contributed by atoms with van der Waals surface area (Å²) in [5.74, 6) is 3.21. The Labute approximate surface area is 197 Å². The van der Waals surface area contributed by atoms with Gasteiger partial charge in [0.15, 0.2) is 12.4 Å². The molecule has 174 valence electrons. The molecule has 0 bridgehead atoms. The third-order valence-corrected chi connectivity index (χ3v) is 4.82. The molecule has 34 heavy (non-hydrogen) atoms. The highest BCUT2D eigenvalue weighted by molar-refractivity contribution is 5.91. The van der Waals surface area contributed by atoms with Gasteiger partial charge in [-0.3, -0.25) is 4.79 Å². The molecule has 0 aliphatic rings. The molecule has 1 N–H and O–H groups in total. The van der Waals surface area contributed by atoms with Crippen molar-refractivity contribution in [3.05, 3.63) is 77.9 Å². The smallest absolute Gasteiger partial charge is 0.262 e. The second-order valence-corrected chi connectivity index (χ2v) is 7.59. The highest BCUT2D eigenvalue weighted by Crippen LogP contribution is 2.24. The van der Waals surface area contributed by atoms with E-state index in [1.54, 1.807) is 73.3 Å². The summed E-state index contributed by atoms with van der Waals surface area (Å²) < 4.78 is 18.3. The highest BCUT2D eigenvalue weighted by Gasteiger charge is 2.10. The monoisotopic (exact) mass is 459 g/mol. The summed E-state index contributed by atoms with van der Waals surface area (Å²) in [6.07, 6.45) is 0. The topological polar surface area (TPSA) is 100 Å². The maximum Gasteiger partial charge on any atom is 0.262 e. The van der Waals surface area contributed by atoms with E-state index >= 15 is 0 Å². The third kappa shape index (κ3) is 5.69. The van der Waals surface area contributed by atoms with Gasteiger partial charge in [0, 0.05) is 17.4 Å². The molecule has 0 unspecified atom stereocenters. The lowest BCUT2D eigenvalue weighted by atomic mass is 10.3. The molecule has 0 saturated heterocycles. The molecule has 0 spiro atoms. The summed E-state index contributed by atoms with van der Waals surface area (Å²) in [5, 5.41) is 7.26. The summed E-state index contributed by atoms with van der Waals surface area (Å²) in [6.45, 7) is 5.59. The van der Waals surface area contributed by atoms with Crippen LogP contribution in [0.3, 0.4) is 0 Å². The number of anilines is 1. The average molecular weight is 460 g/mol. The zero-order chi connectivity index (χ0) is 24.1. The van der Waals surface area contributed by atoms with Gasteiger partial charge in [0.1, 0.15) is 23.1 Å². The Kier molecular flexibility index (Phi) is 6.72. The fraction of sp³-hybridized carbons (Fsp3) is 0.200. The largest absolute Gasteiger partial charge is 0.497 e. The number of rotatable bonds is 8. The summed E-state index contributed by atoms with van der Waals surface area (Å²) >= 11 is 0. The summed E-state index contributed by atoms with van der Waals surface area (Å²) in [5.41, 5.74) is 2.50. The number of hydrogen-bond acceptors (Lipinski definition) is 7. The average Bonchev–Trinajstić information content (AvgIpc) is 3.17. The predicted molar refractivity (Wildman–Crippen MR) is 127 cm³/mol. The van der Waals surface area contributed by atoms with Crippen LogP contribution >= 0.6 is 0 Å². The zero-order valence-electron chi connectivity index (χ0n) is 19.4. The van der Waals surface area contributed by atoms with Gasteiger partial charge in [-0.25, -0.2) is 9.67 Å². The molecule has 0 atom stereocenters. The molecular weight excluding hydrogens is 434 g/mol. The molecule has 9 nitrogen and oxygen atoms in total. The molecule has 0 fully saturated rings. The normalized spacial score (nSPS) is 10.6. The number of nitrogens with one attached hydrogen (secondary N) is 1. The van der Waals surface area contributed by atoms with Crippen molar-refractivity contribution in [2.45, 2.75) is 20.8 Å². The molecule has 2 aromatic carbocycles. The van der Waals surface area contributed by atoms with Crippen molar-refractivity contribution in [3.63, 3.8) is 0 Å². The van der Waals surface area contributed by atoms with E-state index in [4.69, 9.17) is 14.2 Å². The lowest BCUT2D eigenvalue weighted by Crippen LogP contribution is -2.20. The Morgan fingerprint density at radius 2 is 1.59 bits per heavy atom. The minimum atomic E-state index is -0.273. The van der Waals surface area contributed by atoms with Gasteiger partial charge in [-0.05, 0) is 75.4 Å². The quantitative estimate of drug-likeness (QED) is 0.417. The Hall–Kier alpha value is -4.40. The number of methoxy groups -OCH3 is 1. The molecule has 0 aliphatic carbocycles. The number of hydrogen-bond donors (Lipinski definition) is 1. The van der Waals surface area contributed by atoms with Crippen LogP contribution in [0.4, 0.5) is 5.69 Å². The number of aromatic nitrogens is 4. The first kappa shape index (κ1) is 22.8. The SMILES string of the molecule is COc1ccc(OCC(=O)Nc2ccc(Oc3cc(-n4nc(C)cc4C)nc(C)n3)cc2)cc1. The lowest BCUT2D eigenvalue weighted by Gasteiger charge is -2.10. The van der Waals surface area contributed by atoms with Crippen molar-refractivity contribution in [1.82, 2.24) is 19.7 Å². The molecule has 2 heterocycles. The Morgan fingerprint density at radius 1 is 0.912 bits per heavy atom. The van der Waals surface area contributed by atoms with E-state index in [1.807, 2.05) is 19.9 Å². The van der Waals surface area contributed by atoms with Crippen LogP contribution in [0.5, 0.6) is 23.1 Å². The molecule has 0 aliphatic heterocycles. The van der Waals surface area contributed by atoms with Crippen molar-refractivity contribution in [1.29, 1.82) is 0 Å². The Morgan fingerprint density at radius 3 is 2.24 bits per heavy atom. The van der Waals surface area contributed by atoms with Crippen LogP contribution in [0.1, 0.15) is 17.2 Å². The van der Waals surface area contributed by atoms with Crippen molar-refractivity contribution in [3.8, 4) is 28.9 Å². The van der Waals surface area contributed by atoms with Gasteiger partial charge in [-0.2, -0.15) is 10.1 Å². The molecule has 4 rings (SSSR count). The molecule has 0 radical (unpaired) electrons. The molecular formula is C25H25N5O4. The minimum absolute atomic E-state index is 0.111. The van der Waals surface area contributed by atoms with Crippen molar-refractivity contribution >= 4 is 11.6 Å². The van der Waals surface area contributed by atoms with Gasteiger partial charge >= 0.3 is 0 Å². The maximum absolute atomic E-state index is 12.2. The van der Waals surface area contributed by atoms with Crippen molar-refractivity contribution in [2.75, 3.05) is 19.0 Å². The highest BCUT2D eigenvalue weighted by atomic mass is 16.5. The van der Waals surface area contributed by atoms with Crippen molar-refractivity contribution in [2.24, 2.45) is 0 Å². The minimum Gasteiger partial charge on any atom is -0.497 e. The molecule has 1 amide bonds. The van der Waals surface area contributed by atoms with Crippen LogP contribution in [0.15, 0.2) is 60.7 Å². The number of ether oxygens (including phenoxy) is 3. The van der Waals surface area contributed by atoms with Crippen LogP contribution in [-0.2, 0) is 4.79 Å². The van der Waals surface area contributed by atoms with E-state index in [0.717, 1.165) is 17.1 Å². The van der Waals surface area contributed by atoms with E-state index < -0.39 is 0 Å². The first-order valence-electron chi connectivity index (χ1n) is 10.6. The second kappa shape index (κ2) is 10.0. The lowest BCUT2D eigenvalue weighted by molar-refractivity contribution is -0.118. The number of carbonyl (C=O) groups excluding carboxylic acids is 1. The Balaban J connectivity index is 1.36. The van der Waals surface area contributed by atoms with Crippen molar-refractivity contribution < 1.29 is 19.0 Å². The van der Waals surface area contributed by atoms with Gasteiger partial charge < -0.3 is 19.5 Å². The fourth-order valence-electron chi connectivity index (χ4n) is 3.29. The summed E-state index contributed by atoms with van der Waals surface area (Å²) in [4.78, 5) is 21.0. The third-order valence-electron chi connectivity index (χ3n) is 4.82. The fourth-order valence-corrected chi connectivity index (χ4v) is 3.29. The van der Waals surface area contributed by atoms with Crippen LogP contribution < -0.4 is 19.5 Å². The van der Waals surface area contributed by atoms with Crippen LogP contribution in [0, 0.1) is 20.8 Å². The van der Waals surface area contributed by atoms with Crippen LogP contribution in [-0.4, -0.2) is 39.4 Å². The number of amides is 1. The Bertz CT molecular complexity index is 1280.